The van der Waals surface area contributed by atoms with Crippen molar-refractivity contribution in [3.8, 4) is 17.1 Å². The third kappa shape index (κ3) is 3.87. The van der Waals surface area contributed by atoms with Crippen LogP contribution in [0.25, 0.3) is 17.2 Å². The Hall–Kier alpha value is -3.16. The minimum atomic E-state index is -0.0919. The number of hydrogen-bond donors (Lipinski definition) is 0. The van der Waals surface area contributed by atoms with Crippen LogP contribution in [-0.4, -0.2) is 52.4 Å². The molecule has 0 unspecified atom stereocenters. The minimum Gasteiger partial charge on any atom is -0.497 e. The Labute approximate surface area is 169 Å². The zero-order valence-corrected chi connectivity index (χ0v) is 17.0. The van der Waals surface area contributed by atoms with Gasteiger partial charge < -0.3 is 14.4 Å². The van der Waals surface area contributed by atoms with E-state index in [9.17, 15) is 4.79 Å². The van der Waals surface area contributed by atoms with Gasteiger partial charge in [0.15, 0.2) is 5.82 Å². The van der Waals surface area contributed by atoms with Crippen LogP contribution in [0.5, 0.6) is 5.75 Å². The van der Waals surface area contributed by atoms with Crippen LogP contribution >= 0.6 is 0 Å². The molecule has 152 valence electrons. The summed E-state index contributed by atoms with van der Waals surface area (Å²) < 4.78 is 12.2. The average molecular weight is 395 g/mol. The fourth-order valence-corrected chi connectivity index (χ4v) is 3.66. The normalized spacial score (nSPS) is 14.9. The lowest BCUT2D eigenvalue weighted by atomic mass is 9.97. The second kappa shape index (κ2) is 8.06. The first kappa shape index (κ1) is 19.2. The Morgan fingerprint density at radius 1 is 1.17 bits per heavy atom. The number of aromatic nitrogens is 4. The van der Waals surface area contributed by atoms with Crippen molar-refractivity contribution in [1.82, 2.24) is 19.6 Å². The molecule has 4 rings (SSSR count). The van der Waals surface area contributed by atoms with Crippen molar-refractivity contribution in [2.24, 2.45) is 5.92 Å². The third-order valence-electron chi connectivity index (χ3n) is 5.21. The van der Waals surface area contributed by atoms with Gasteiger partial charge in [-0.3, -0.25) is 4.79 Å². The number of fused-ring (bicyclic) bond motifs is 1. The van der Waals surface area contributed by atoms with Gasteiger partial charge in [-0.05, 0) is 51.0 Å². The van der Waals surface area contributed by atoms with E-state index in [0.29, 0.717) is 18.2 Å². The third-order valence-corrected chi connectivity index (χ3v) is 5.21. The Morgan fingerprint density at radius 3 is 2.55 bits per heavy atom. The summed E-state index contributed by atoms with van der Waals surface area (Å²) in [6.07, 6.45) is 1.53. The smallest absolute Gasteiger partial charge is 0.309 e. The number of carbonyl (C=O) groups excluding carboxylic acids is 1. The van der Waals surface area contributed by atoms with Crippen LogP contribution in [0.15, 0.2) is 30.3 Å². The molecule has 0 saturated carbocycles. The summed E-state index contributed by atoms with van der Waals surface area (Å²) in [6.45, 7) is 5.75. The lowest BCUT2D eigenvalue weighted by Crippen LogP contribution is -2.38. The number of piperidine rings is 1. The summed E-state index contributed by atoms with van der Waals surface area (Å²) >= 11 is 0. The van der Waals surface area contributed by atoms with Gasteiger partial charge in [0.1, 0.15) is 11.6 Å². The maximum atomic E-state index is 12.0. The van der Waals surface area contributed by atoms with Gasteiger partial charge in [0.05, 0.1) is 19.6 Å². The van der Waals surface area contributed by atoms with Crippen LogP contribution in [0.3, 0.4) is 0 Å². The topological polar surface area (TPSA) is 81.8 Å². The quantitative estimate of drug-likeness (QED) is 0.614. The molecule has 0 N–H and O–H groups in total. The van der Waals surface area contributed by atoms with E-state index in [1.165, 1.54) is 0 Å². The molecule has 29 heavy (non-hydrogen) atoms. The van der Waals surface area contributed by atoms with Gasteiger partial charge in [-0.2, -0.15) is 9.50 Å². The van der Waals surface area contributed by atoms with Gasteiger partial charge >= 0.3 is 5.97 Å². The molecule has 8 nitrogen and oxygen atoms in total. The van der Waals surface area contributed by atoms with E-state index in [4.69, 9.17) is 14.6 Å². The molecule has 0 amide bonds. The molecule has 1 fully saturated rings. The first-order chi connectivity index (χ1) is 14.1. The molecule has 0 atom stereocenters. The lowest BCUT2D eigenvalue weighted by molar-refractivity contribution is -0.148. The maximum Gasteiger partial charge on any atom is 0.309 e. The Bertz CT molecular complexity index is 1010. The molecule has 8 heteroatoms. The second-order valence-electron chi connectivity index (χ2n) is 7.14. The molecule has 0 spiro atoms. The Morgan fingerprint density at radius 2 is 1.90 bits per heavy atom. The number of methoxy groups -OCH3 is 1. The summed E-state index contributed by atoms with van der Waals surface area (Å²) in [5, 5.41) is 4.71. The molecule has 1 aromatic carbocycles. The van der Waals surface area contributed by atoms with Crippen molar-refractivity contribution in [3.05, 3.63) is 36.0 Å². The van der Waals surface area contributed by atoms with Gasteiger partial charge in [0.2, 0.25) is 0 Å². The summed E-state index contributed by atoms with van der Waals surface area (Å²) in [5.41, 5.74) is 1.79. The van der Waals surface area contributed by atoms with Crippen molar-refractivity contribution in [1.29, 1.82) is 0 Å². The molecule has 2 aromatic heterocycles. The standard InChI is InChI=1S/C21H25N5O3/c1-4-29-20(27)16-9-11-25(12-10-16)18-13-14(2)22-21-23-19(24-26(18)21)15-5-7-17(28-3)8-6-15/h5-8,13,16H,4,9-12H2,1-3H3. The number of carbonyl (C=O) groups is 1. The molecular formula is C21H25N5O3. The number of hydrogen-bond acceptors (Lipinski definition) is 7. The molecule has 1 aliphatic heterocycles. The van der Waals surface area contributed by atoms with Crippen molar-refractivity contribution in [3.63, 3.8) is 0 Å². The van der Waals surface area contributed by atoms with E-state index in [1.807, 2.05) is 44.2 Å². The van der Waals surface area contributed by atoms with Crippen molar-refractivity contribution < 1.29 is 14.3 Å². The highest BCUT2D eigenvalue weighted by Crippen LogP contribution is 2.26. The summed E-state index contributed by atoms with van der Waals surface area (Å²) in [4.78, 5) is 23.4. The number of ether oxygens (including phenoxy) is 2. The van der Waals surface area contributed by atoms with Crippen LogP contribution in [0.1, 0.15) is 25.5 Å². The van der Waals surface area contributed by atoms with Gasteiger partial charge in [-0.1, -0.05) is 0 Å². The molecule has 3 heterocycles. The van der Waals surface area contributed by atoms with Crippen LogP contribution in [0.4, 0.5) is 5.82 Å². The minimum absolute atomic E-state index is 0.0322. The van der Waals surface area contributed by atoms with E-state index in [1.54, 1.807) is 11.6 Å². The second-order valence-corrected chi connectivity index (χ2v) is 7.14. The van der Waals surface area contributed by atoms with E-state index in [2.05, 4.69) is 14.9 Å². The fourth-order valence-electron chi connectivity index (χ4n) is 3.66. The van der Waals surface area contributed by atoms with Gasteiger partial charge in [0.25, 0.3) is 5.78 Å². The molecule has 1 saturated heterocycles. The average Bonchev–Trinajstić information content (AvgIpc) is 3.17. The highest BCUT2D eigenvalue weighted by Gasteiger charge is 2.27. The highest BCUT2D eigenvalue weighted by molar-refractivity contribution is 5.73. The van der Waals surface area contributed by atoms with Crippen LogP contribution in [0, 0.1) is 12.8 Å². The SMILES string of the molecule is CCOC(=O)C1CCN(c2cc(C)nc3nc(-c4ccc(OC)cc4)nn23)CC1. The van der Waals surface area contributed by atoms with Crippen LogP contribution in [0.2, 0.25) is 0 Å². The monoisotopic (exact) mass is 395 g/mol. The van der Waals surface area contributed by atoms with E-state index in [0.717, 1.165) is 48.8 Å². The van der Waals surface area contributed by atoms with Gasteiger partial charge in [0, 0.05) is 30.4 Å². The molecule has 1 aliphatic rings. The number of benzene rings is 1. The zero-order valence-electron chi connectivity index (χ0n) is 17.0. The van der Waals surface area contributed by atoms with Gasteiger partial charge in [-0.25, -0.2) is 4.98 Å². The van der Waals surface area contributed by atoms with Crippen molar-refractivity contribution in [2.45, 2.75) is 26.7 Å². The number of aryl methyl sites for hydroxylation is 1. The van der Waals surface area contributed by atoms with E-state index < -0.39 is 0 Å². The first-order valence-corrected chi connectivity index (χ1v) is 9.89. The summed E-state index contributed by atoms with van der Waals surface area (Å²) in [7, 11) is 1.64. The molecule has 0 aliphatic carbocycles. The van der Waals surface area contributed by atoms with Gasteiger partial charge in [-0.15, -0.1) is 5.10 Å². The van der Waals surface area contributed by atoms with Crippen LogP contribution < -0.4 is 9.64 Å². The Balaban J connectivity index is 1.61. The molecule has 0 radical (unpaired) electrons. The number of rotatable bonds is 5. The van der Waals surface area contributed by atoms with Crippen molar-refractivity contribution >= 4 is 17.6 Å². The summed E-state index contributed by atoms with van der Waals surface area (Å²) in [6, 6.07) is 9.67. The molecular weight excluding hydrogens is 370 g/mol. The Kier molecular flexibility index (Phi) is 5.33. The largest absolute Gasteiger partial charge is 0.497 e. The van der Waals surface area contributed by atoms with Crippen molar-refractivity contribution in [2.75, 3.05) is 31.7 Å². The highest BCUT2D eigenvalue weighted by atomic mass is 16.5. The predicted octanol–water partition coefficient (Wildman–Crippen LogP) is 2.89. The van der Waals surface area contributed by atoms with E-state index in [-0.39, 0.29) is 11.9 Å². The fraction of sp³-hybridized carbons (Fsp3) is 0.429. The maximum absolute atomic E-state index is 12.0. The number of esters is 1. The van der Waals surface area contributed by atoms with E-state index >= 15 is 0 Å². The first-order valence-electron chi connectivity index (χ1n) is 9.89. The summed E-state index contributed by atoms with van der Waals surface area (Å²) in [5.74, 6) is 2.80. The molecule has 3 aromatic rings. The lowest BCUT2D eigenvalue weighted by Gasteiger charge is -2.32. The zero-order chi connectivity index (χ0) is 20.4. The molecule has 0 bridgehead atoms. The predicted molar refractivity (Wildman–Crippen MR) is 109 cm³/mol. The number of nitrogens with zero attached hydrogens (tertiary/aromatic N) is 5. The number of anilines is 1. The van der Waals surface area contributed by atoms with Crippen LogP contribution in [-0.2, 0) is 9.53 Å².